The van der Waals surface area contributed by atoms with Crippen LogP contribution in [-0.2, 0) is 17.8 Å². The number of amides is 1. The highest BCUT2D eigenvalue weighted by atomic mass is 32.1. The van der Waals surface area contributed by atoms with E-state index in [4.69, 9.17) is 0 Å². The maximum Gasteiger partial charge on any atom is 0.291 e. The van der Waals surface area contributed by atoms with Crippen LogP contribution in [0.2, 0.25) is 0 Å². The molecule has 7 heteroatoms. The second-order valence-corrected chi connectivity index (χ2v) is 7.53. The second-order valence-electron chi connectivity index (χ2n) is 6.36. The fraction of sp³-hybridized carbons (Fsp3) is 0.471. The van der Waals surface area contributed by atoms with Gasteiger partial charge in [-0.3, -0.25) is 14.0 Å². The molecule has 1 saturated carbocycles. The topological polar surface area (TPSA) is 68.4 Å². The van der Waals surface area contributed by atoms with Gasteiger partial charge >= 0.3 is 0 Å². The van der Waals surface area contributed by atoms with Crippen LogP contribution in [-0.4, -0.2) is 26.1 Å². The summed E-state index contributed by atoms with van der Waals surface area (Å²) in [6, 6.07) is 4.25. The molecule has 0 spiro atoms. The number of nitrogens with one attached hydrogen (secondary N) is 1. The molecule has 1 fully saturated rings. The maximum atomic E-state index is 12.6. The maximum absolute atomic E-state index is 12.6. The van der Waals surface area contributed by atoms with E-state index in [1.807, 2.05) is 10.5 Å². The van der Waals surface area contributed by atoms with Crippen LogP contribution < -0.4 is 10.9 Å². The van der Waals surface area contributed by atoms with E-state index in [9.17, 15) is 9.59 Å². The largest absolute Gasteiger partial charge is 0.352 e. The third kappa shape index (κ3) is 2.62. The summed E-state index contributed by atoms with van der Waals surface area (Å²) in [5, 5.41) is 7.19. The van der Waals surface area contributed by atoms with Crippen LogP contribution in [0.15, 0.2) is 23.3 Å². The smallest absolute Gasteiger partial charge is 0.291 e. The summed E-state index contributed by atoms with van der Waals surface area (Å²) in [6.07, 6.45) is 7.00. The number of fused-ring (bicyclic) bond motifs is 3. The number of hydrogen-bond acceptors (Lipinski definition) is 4. The Balaban J connectivity index is 1.63. The summed E-state index contributed by atoms with van der Waals surface area (Å²) in [5.74, 6) is -0.137. The Morgan fingerprint density at radius 1 is 1.33 bits per heavy atom. The molecule has 3 aromatic rings. The van der Waals surface area contributed by atoms with Crippen LogP contribution in [0.1, 0.15) is 37.5 Å². The third-order valence-corrected chi connectivity index (χ3v) is 5.92. The van der Waals surface area contributed by atoms with Crippen LogP contribution in [0.25, 0.3) is 15.7 Å². The first-order chi connectivity index (χ1) is 11.7. The van der Waals surface area contributed by atoms with Crippen molar-refractivity contribution in [2.75, 3.05) is 0 Å². The highest BCUT2D eigenvalue weighted by molar-refractivity contribution is 7.19. The summed E-state index contributed by atoms with van der Waals surface area (Å²) in [7, 11) is 0. The molecule has 1 aliphatic carbocycles. The first kappa shape index (κ1) is 15.4. The predicted molar refractivity (Wildman–Crippen MR) is 94.6 cm³/mol. The minimum absolute atomic E-state index is 0.0229. The quantitative estimate of drug-likeness (QED) is 0.790. The van der Waals surface area contributed by atoms with Gasteiger partial charge in [-0.2, -0.15) is 5.10 Å². The molecule has 0 bridgehead atoms. The first-order valence-corrected chi connectivity index (χ1v) is 9.26. The van der Waals surface area contributed by atoms with Gasteiger partial charge in [-0.1, -0.05) is 19.8 Å². The summed E-state index contributed by atoms with van der Waals surface area (Å²) < 4.78 is 4.15. The fourth-order valence-corrected chi connectivity index (χ4v) is 4.45. The zero-order valence-electron chi connectivity index (χ0n) is 13.6. The van der Waals surface area contributed by atoms with E-state index in [0.717, 1.165) is 42.3 Å². The van der Waals surface area contributed by atoms with Crippen molar-refractivity contribution in [1.29, 1.82) is 0 Å². The van der Waals surface area contributed by atoms with Crippen molar-refractivity contribution in [2.24, 2.45) is 0 Å². The summed E-state index contributed by atoms with van der Waals surface area (Å²) in [4.78, 5) is 26.1. The van der Waals surface area contributed by atoms with Crippen LogP contribution >= 0.6 is 11.3 Å². The van der Waals surface area contributed by atoms with Crippen molar-refractivity contribution < 1.29 is 4.79 Å². The monoisotopic (exact) mass is 344 g/mol. The SMILES string of the molecule is CCc1cc2c(cc3c(=O)n(CC(=O)NC4CCCC4)ncn32)s1. The van der Waals surface area contributed by atoms with E-state index in [-0.39, 0.29) is 24.1 Å². The van der Waals surface area contributed by atoms with Gasteiger partial charge in [-0.25, -0.2) is 4.68 Å². The van der Waals surface area contributed by atoms with E-state index >= 15 is 0 Å². The molecule has 0 saturated heterocycles. The molecule has 1 N–H and O–H groups in total. The molecular formula is C17H20N4O2S. The minimum Gasteiger partial charge on any atom is -0.352 e. The van der Waals surface area contributed by atoms with Gasteiger partial charge in [0.05, 0.1) is 10.2 Å². The highest BCUT2D eigenvalue weighted by Gasteiger charge is 2.18. The molecule has 24 heavy (non-hydrogen) atoms. The molecule has 0 radical (unpaired) electrons. The number of rotatable bonds is 4. The fourth-order valence-electron chi connectivity index (χ4n) is 3.42. The molecule has 6 nitrogen and oxygen atoms in total. The summed E-state index contributed by atoms with van der Waals surface area (Å²) >= 11 is 1.70. The number of carbonyl (C=O) groups excluding carboxylic acids is 1. The third-order valence-electron chi connectivity index (χ3n) is 4.70. The van der Waals surface area contributed by atoms with Gasteiger partial charge in [0, 0.05) is 10.9 Å². The summed E-state index contributed by atoms with van der Waals surface area (Å²) in [6.45, 7) is 2.09. The predicted octanol–water partition coefficient (Wildman–Crippen LogP) is 2.33. The minimum atomic E-state index is -0.222. The molecule has 126 valence electrons. The first-order valence-electron chi connectivity index (χ1n) is 8.44. The Hall–Kier alpha value is -2.15. The summed E-state index contributed by atoms with van der Waals surface area (Å²) in [5.41, 5.74) is 1.36. The van der Waals surface area contributed by atoms with Crippen LogP contribution in [0.5, 0.6) is 0 Å². The number of thiophene rings is 1. The zero-order chi connectivity index (χ0) is 16.7. The highest BCUT2D eigenvalue weighted by Crippen LogP contribution is 2.28. The van der Waals surface area contributed by atoms with Crippen molar-refractivity contribution in [3.8, 4) is 0 Å². The van der Waals surface area contributed by atoms with Gasteiger partial charge in [-0.05, 0) is 31.4 Å². The Morgan fingerprint density at radius 3 is 2.88 bits per heavy atom. The van der Waals surface area contributed by atoms with Crippen molar-refractivity contribution >= 4 is 33.0 Å². The molecule has 0 unspecified atom stereocenters. The van der Waals surface area contributed by atoms with E-state index in [2.05, 4.69) is 23.4 Å². The Kier molecular flexibility index (Phi) is 3.88. The van der Waals surface area contributed by atoms with Gasteiger partial charge in [0.15, 0.2) is 0 Å². The molecule has 1 amide bonds. The van der Waals surface area contributed by atoms with Gasteiger partial charge in [0.25, 0.3) is 5.56 Å². The second kappa shape index (κ2) is 6.05. The molecule has 0 aromatic carbocycles. The molecule has 4 rings (SSSR count). The lowest BCUT2D eigenvalue weighted by Gasteiger charge is -2.12. The lowest BCUT2D eigenvalue weighted by molar-refractivity contribution is -0.122. The van der Waals surface area contributed by atoms with Gasteiger partial charge in [-0.15, -0.1) is 11.3 Å². The van der Waals surface area contributed by atoms with Crippen molar-refractivity contribution in [1.82, 2.24) is 19.5 Å². The van der Waals surface area contributed by atoms with Crippen molar-refractivity contribution in [2.45, 2.75) is 51.6 Å². The molecule has 3 heterocycles. The average molecular weight is 344 g/mol. The number of nitrogens with zero attached hydrogens (tertiary/aromatic N) is 3. The van der Waals surface area contributed by atoms with Gasteiger partial charge in [0.2, 0.25) is 5.91 Å². The van der Waals surface area contributed by atoms with E-state index in [0.29, 0.717) is 5.52 Å². The van der Waals surface area contributed by atoms with Crippen LogP contribution in [0, 0.1) is 0 Å². The molecule has 3 aromatic heterocycles. The van der Waals surface area contributed by atoms with Crippen LogP contribution in [0.4, 0.5) is 0 Å². The lowest BCUT2D eigenvalue weighted by atomic mass is 10.2. The van der Waals surface area contributed by atoms with E-state index in [1.54, 1.807) is 17.7 Å². The van der Waals surface area contributed by atoms with Gasteiger partial charge in [0.1, 0.15) is 18.4 Å². The average Bonchev–Trinajstić information content (AvgIpc) is 3.26. The van der Waals surface area contributed by atoms with E-state index in [1.165, 1.54) is 9.56 Å². The standard InChI is InChI=1S/C17H20N4O2S/c1-2-12-7-13-15(24-12)8-14-17(23)21(18-10-20(13)14)9-16(22)19-11-5-3-4-6-11/h7-8,10-11H,2-6,9H2,1H3,(H,19,22). The molecule has 0 aliphatic heterocycles. The number of aromatic nitrogens is 3. The Morgan fingerprint density at radius 2 is 2.12 bits per heavy atom. The Labute approximate surface area is 143 Å². The number of aryl methyl sites for hydroxylation is 1. The van der Waals surface area contributed by atoms with Crippen molar-refractivity contribution in [3.05, 3.63) is 33.7 Å². The zero-order valence-corrected chi connectivity index (χ0v) is 14.4. The van der Waals surface area contributed by atoms with Crippen molar-refractivity contribution in [3.63, 3.8) is 0 Å². The van der Waals surface area contributed by atoms with Crippen LogP contribution in [0.3, 0.4) is 0 Å². The number of carbonyl (C=O) groups is 1. The lowest BCUT2D eigenvalue weighted by Crippen LogP contribution is -2.38. The van der Waals surface area contributed by atoms with E-state index < -0.39 is 0 Å². The Bertz CT molecular complexity index is 962. The molecule has 1 aliphatic rings. The van der Waals surface area contributed by atoms with Gasteiger partial charge < -0.3 is 5.32 Å². The molecular weight excluding hydrogens is 324 g/mol. The number of hydrogen-bond donors (Lipinski definition) is 1. The molecule has 0 atom stereocenters. The normalized spacial score (nSPS) is 15.5.